The summed E-state index contributed by atoms with van der Waals surface area (Å²) in [5.74, 6) is 0. The number of hydrogen-bond acceptors (Lipinski definition) is 6. The molecule has 0 radical (unpaired) electrons. The van der Waals surface area contributed by atoms with Gasteiger partial charge in [-0.2, -0.15) is 25.3 Å². The van der Waals surface area contributed by atoms with Crippen LogP contribution in [0.15, 0.2) is 57.2 Å². The van der Waals surface area contributed by atoms with Crippen LogP contribution < -0.4 is 0 Å². The van der Waals surface area contributed by atoms with E-state index >= 15 is 0 Å². The summed E-state index contributed by atoms with van der Waals surface area (Å²) >= 11 is 0. The Labute approximate surface area is 148 Å². The van der Waals surface area contributed by atoms with Crippen LogP contribution in [-0.2, 0) is 30.4 Å². The smallest absolute Gasteiger partial charge is 0.282 e. The first kappa shape index (κ1) is 18.7. The first-order valence-electron chi connectivity index (χ1n) is 6.72. The number of fused-ring (bicyclic) bond motifs is 2. The summed E-state index contributed by atoms with van der Waals surface area (Å²) in [7, 11) is -16.0. The van der Waals surface area contributed by atoms with Gasteiger partial charge in [0.05, 0.1) is 0 Å². The van der Waals surface area contributed by atoms with Crippen LogP contribution in [0.5, 0.6) is 0 Å². The van der Waals surface area contributed by atoms with Gasteiger partial charge in [0.25, 0.3) is 30.4 Å². The van der Waals surface area contributed by atoms with E-state index in [-0.39, 0.29) is 10.8 Å². The van der Waals surface area contributed by atoms with Crippen LogP contribution in [0, 0.1) is 0 Å². The van der Waals surface area contributed by atoms with Crippen molar-refractivity contribution in [1.82, 2.24) is 0 Å². The molecule has 138 valence electrons. The highest BCUT2D eigenvalue weighted by Gasteiger charge is 2.34. The van der Waals surface area contributed by atoms with Gasteiger partial charge >= 0.3 is 0 Å². The maximum Gasteiger partial charge on any atom is 0.297 e. The van der Waals surface area contributed by atoms with Crippen molar-refractivity contribution in [2.75, 3.05) is 0 Å². The molecule has 0 unspecified atom stereocenters. The van der Waals surface area contributed by atoms with Gasteiger partial charge in [-0.1, -0.05) is 24.3 Å². The highest BCUT2D eigenvalue weighted by Crippen LogP contribution is 2.37. The van der Waals surface area contributed by atoms with Gasteiger partial charge in [0, 0.05) is 5.39 Å². The van der Waals surface area contributed by atoms with Gasteiger partial charge in [0.15, 0.2) is 0 Å². The van der Waals surface area contributed by atoms with Crippen LogP contribution in [0.4, 0.5) is 0 Å². The van der Waals surface area contributed by atoms with E-state index in [1.165, 1.54) is 12.1 Å². The molecular formula is C14H10O9S3. The molecule has 0 amide bonds. The van der Waals surface area contributed by atoms with E-state index in [2.05, 4.69) is 0 Å². The summed E-state index contributed by atoms with van der Waals surface area (Å²) in [5, 5.41) is 0.593. The van der Waals surface area contributed by atoms with Crippen molar-refractivity contribution in [3.8, 4) is 0 Å². The lowest BCUT2D eigenvalue weighted by Crippen LogP contribution is -2.15. The maximum atomic E-state index is 11.8. The second kappa shape index (κ2) is 5.70. The van der Waals surface area contributed by atoms with Crippen molar-refractivity contribution in [2.24, 2.45) is 0 Å². The maximum absolute atomic E-state index is 11.8. The highest BCUT2D eigenvalue weighted by molar-refractivity contribution is 7.90. The molecule has 0 bridgehead atoms. The van der Waals surface area contributed by atoms with Crippen molar-refractivity contribution >= 4 is 51.9 Å². The quantitative estimate of drug-likeness (QED) is 0.424. The average molecular weight is 418 g/mol. The third-order valence-corrected chi connectivity index (χ3v) is 6.69. The van der Waals surface area contributed by atoms with E-state index in [0.29, 0.717) is 16.8 Å². The fourth-order valence-electron chi connectivity index (χ4n) is 2.71. The van der Waals surface area contributed by atoms with Crippen LogP contribution >= 0.6 is 0 Å². The first-order valence-corrected chi connectivity index (χ1v) is 11.0. The molecule has 26 heavy (non-hydrogen) atoms. The number of benzene rings is 3. The van der Waals surface area contributed by atoms with Crippen LogP contribution in [0.3, 0.4) is 0 Å². The van der Waals surface area contributed by atoms with E-state index in [4.69, 9.17) is 0 Å². The molecule has 0 fully saturated rings. The summed E-state index contributed by atoms with van der Waals surface area (Å²) in [6.07, 6.45) is 0. The van der Waals surface area contributed by atoms with Gasteiger partial charge in [-0.25, -0.2) is 0 Å². The Hall–Kier alpha value is -2.09. The molecule has 3 N–H and O–H groups in total. The summed E-state index contributed by atoms with van der Waals surface area (Å²) in [6.45, 7) is 0. The average Bonchev–Trinajstić information content (AvgIpc) is 2.48. The standard InChI is InChI=1S/C14H10O9S3/c15-24(16,17)12-7-10-5-8-3-1-2-4-9(8)6-11(10)13(25(18,19)20)14(12)26(21,22)23/h1-7H,(H,15,16,17)(H,18,19,20)(H,21,22,23). The van der Waals surface area contributed by atoms with Crippen molar-refractivity contribution in [1.29, 1.82) is 0 Å². The monoisotopic (exact) mass is 418 g/mol. The molecule has 0 heterocycles. The van der Waals surface area contributed by atoms with Crippen LogP contribution in [0.2, 0.25) is 0 Å². The molecule has 12 heteroatoms. The van der Waals surface area contributed by atoms with Gasteiger partial charge in [0.2, 0.25) is 0 Å². The minimum Gasteiger partial charge on any atom is -0.282 e. The van der Waals surface area contributed by atoms with E-state index in [0.717, 1.165) is 0 Å². The molecule has 0 saturated heterocycles. The van der Waals surface area contributed by atoms with Gasteiger partial charge in [-0.15, -0.1) is 0 Å². The van der Waals surface area contributed by atoms with E-state index in [1.807, 2.05) is 0 Å². The molecule has 0 atom stereocenters. The van der Waals surface area contributed by atoms with Crippen molar-refractivity contribution in [3.05, 3.63) is 42.5 Å². The topological polar surface area (TPSA) is 163 Å². The number of hydrogen-bond donors (Lipinski definition) is 3. The summed E-state index contributed by atoms with van der Waals surface area (Å²) < 4.78 is 98.4. The Bertz CT molecular complexity index is 1390. The SMILES string of the molecule is O=S(=O)(O)c1cc2cc3ccccc3cc2c(S(=O)(=O)O)c1S(=O)(=O)O. The predicted octanol–water partition coefficient (Wildman–Crippen LogP) is 1.73. The molecule has 9 nitrogen and oxygen atoms in total. The lowest BCUT2D eigenvalue weighted by atomic mass is 10.0. The van der Waals surface area contributed by atoms with Crippen molar-refractivity contribution in [2.45, 2.75) is 14.7 Å². The molecule has 0 aliphatic carbocycles. The van der Waals surface area contributed by atoms with E-state index < -0.39 is 45.0 Å². The molecule has 0 aliphatic rings. The summed E-state index contributed by atoms with van der Waals surface area (Å²) in [6, 6.07) is 9.76. The molecular weight excluding hydrogens is 408 g/mol. The second-order valence-corrected chi connectivity index (χ2v) is 9.49. The Morgan fingerprint density at radius 2 is 1.08 bits per heavy atom. The molecule has 0 saturated carbocycles. The molecule has 0 aliphatic heterocycles. The zero-order valence-corrected chi connectivity index (χ0v) is 15.0. The van der Waals surface area contributed by atoms with Crippen LogP contribution in [0.25, 0.3) is 21.5 Å². The zero-order chi connectivity index (χ0) is 19.5. The molecule has 3 aromatic rings. The Morgan fingerprint density at radius 3 is 1.54 bits per heavy atom. The molecule has 3 rings (SSSR count). The molecule has 3 aromatic carbocycles. The normalized spacial score (nSPS) is 13.3. The summed E-state index contributed by atoms with van der Waals surface area (Å²) in [4.78, 5) is -4.32. The third kappa shape index (κ3) is 3.18. The fourth-order valence-corrected chi connectivity index (χ4v) is 6.10. The number of rotatable bonds is 3. The first-order chi connectivity index (χ1) is 11.8. The fraction of sp³-hybridized carbons (Fsp3) is 0. The van der Waals surface area contributed by atoms with Crippen molar-refractivity contribution < 1.29 is 38.9 Å². The Balaban J connectivity index is 2.76. The van der Waals surface area contributed by atoms with E-state index in [9.17, 15) is 38.9 Å². The van der Waals surface area contributed by atoms with E-state index in [1.54, 1.807) is 24.3 Å². The minimum atomic E-state index is -5.45. The Morgan fingerprint density at radius 1 is 0.577 bits per heavy atom. The molecule has 0 aromatic heterocycles. The molecule has 0 spiro atoms. The van der Waals surface area contributed by atoms with Crippen LogP contribution in [0.1, 0.15) is 0 Å². The largest absolute Gasteiger partial charge is 0.297 e. The van der Waals surface area contributed by atoms with Gasteiger partial charge in [-0.05, 0) is 34.4 Å². The lowest BCUT2D eigenvalue weighted by Gasteiger charge is -2.13. The van der Waals surface area contributed by atoms with Gasteiger partial charge in [0.1, 0.15) is 14.7 Å². The van der Waals surface area contributed by atoms with Crippen LogP contribution in [-0.4, -0.2) is 38.9 Å². The minimum absolute atomic E-state index is 0.0867. The van der Waals surface area contributed by atoms with Gasteiger partial charge < -0.3 is 0 Å². The lowest BCUT2D eigenvalue weighted by molar-refractivity contribution is 0.457. The Kier molecular flexibility index (Phi) is 4.10. The predicted molar refractivity (Wildman–Crippen MR) is 90.9 cm³/mol. The summed E-state index contributed by atoms with van der Waals surface area (Å²) in [5.41, 5.74) is 0. The van der Waals surface area contributed by atoms with Crippen molar-refractivity contribution in [3.63, 3.8) is 0 Å². The zero-order valence-electron chi connectivity index (χ0n) is 12.6. The highest BCUT2D eigenvalue weighted by atomic mass is 32.2. The van der Waals surface area contributed by atoms with Gasteiger partial charge in [-0.3, -0.25) is 13.7 Å². The second-order valence-electron chi connectivity index (χ2n) is 5.38. The third-order valence-electron chi connectivity index (χ3n) is 3.67.